The van der Waals surface area contributed by atoms with Crippen LogP contribution in [0.2, 0.25) is 19.6 Å². The molecule has 0 aliphatic heterocycles. The maximum Gasteiger partial charge on any atom is 0.242 e. The summed E-state index contributed by atoms with van der Waals surface area (Å²) in [6.07, 6.45) is 6.07. The number of aromatic nitrogens is 2. The monoisotopic (exact) mass is 299 g/mol. The first-order valence-corrected chi connectivity index (χ1v) is 10.4. The molecule has 0 radical (unpaired) electrons. The smallest absolute Gasteiger partial charge is 0.242 e. The zero-order valence-electron chi connectivity index (χ0n) is 13.0. The van der Waals surface area contributed by atoms with Crippen molar-refractivity contribution in [2.75, 3.05) is 0 Å². The van der Waals surface area contributed by atoms with Crippen LogP contribution < -0.4 is 4.43 Å². The predicted molar refractivity (Wildman–Crippen MR) is 89.0 cm³/mol. The SMILES string of the molecule is Cc1cnc(CC=Nc2ccccc2O[Si](C)(C)C)cn1. The minimum absolute atomic E-state index is 0.661. The minimum atomic E-state index is -1.64. The van der Waals surface area contributed by atoms with Crippen molar-refractivity contribution in [2.45, 2.75) is 33.0 Å². The van der Waals surface area contributed by atoms with Crippen LogP contribution in [0.1, 0.15) is 11.4 Å². The summed E-state index contributed by atoms with van der Waals surface area (Å²) in [5.74, 6) is 0.850. The zero-order valence-corrected chi connectivity index (χ0v) is 14.0. The highest BCUT2D eigenvalue weighted by atomic mass is 28.4. The Morgan fingerprint density at radius 3 is 2.57 bits per heavy atom. The van der Waals surface area contributed by atoms with Gasteiger partial charge in [-0.3, -0.25) is 15.0 Å². The van der Waals surface area contributed by atoms with Crippen LogP contribution in [0.5, 0.6) is 5.75 Å². The summed E-state index contributed by atoms with van der Waals surface area (Å²) in [6.45, 7) is 8.41. The average Bonchev–Trinajstić information content (AvgIpc) is 2.41. The van der Waals surface area contributed by atoms with Gasteiger partial charge in [-0.1, -0.05) is 12.1 Å². The summed E-state index contributed by atoms with van der Waals surface area (Å²) in [5.41, 5.74) is 2.69. The molecule has 0 bridgehead atoms. The largest absolute Gasteiger partial charge is 0.543 e. The van der Waals surface area contributed by atoms with Crippen molar-refractivity contribution in [3.8, 4) is 5.75 Å². The van der Waals surface area contributed by atoms with Crippen LogP contribution in [0, 0.1) is 6.92 Å². The van der Waals surface area contributed by atoms with E-state index in [9.17, 15) is 0 Å². The molecule has 0 saturated heterocycles. The molecule has 0 aliphatic rings. The molecule has 21 heavy (non-hydrogen) atoms. The highest BCUT2D eigenvalue weighted by Crippen LogP contribution is 2.28. The van der Waals surface area contributed by atoms with E-state index in [1.165, 1.54) is 0 Å². The first kappa shape index (κ1) is 15.4. The molecule has 110 valence electrons. The Bertz CT molecular complexity index is 618. The maximum absolute atomic E-state index is 6.05. The minimum Gasteiger partial charge on any atom is -0.543 e. The highest BCUT2D eigenvalue weighted by molar-refractivity contribution is 6.70. The van der Waals surface area contributed by atoms with Crippen LogP contribution in [-0.2, 0) is 6.42 Å². The second-order valence-corrected chi connectivity index (χ2v) is 10.3. The fourth-order valence-electron chi connectivity index (χ4n) is 1.74. The van der Waals surface area contributed by atoms with Gasteiger partial charge in [0.25, 0.3) is 0 Å². The van der Waals surface area contributed by atoms with Gasteiger partial charge in [-0.05, 0) is 38.7 Å². The topological polar surface area (TPSA) is 47.4 Å². The molecule has 0 atom stereocenters. The molecular weight excluding hydrogens is 278 g/mol. The first-order chi connectivity index (χ1) is 9.94. The van der Waals surface area contributed by atoms with Crippen LogP contribution in [0.3, 0.4) is 0 Å². The third-order valence-corrected chi connectivity index (χ3v) is 3.48. The Kier molecular flexibility index (Phi) is 4.85. The second-order valence-electron chi connectivity index (χ2n) is 5.85. The summed E-state index contributed by atoms with van der Waals surface area (Å²) in [4.78, 5) is 13.1. The van der Waals surface area contributed by atoms with Gasteiger partial charge >= 0.3 is 0 Å². The normalized spacial score (nSPS) is 11.8. The molecule has 1 aromatic carbocycles. The Morgan fingerprint density at radius 1 is 1.14 bits per heavy atom. The summed E-state index contributed by atoms with van der Waals surface area (Å²) in [5, 5.41) is 0. The van der Waals surface area contributed by atoms with E-state index in [0.29, 0.717) is 6.42 Å². The van der Waals surface area contributed by atoms with Gasteiger partial charge in [0.05, 0.1) is 11.4 Å². The standard InChI is InChI=1S/C16H21N3OSi/c1-13-11-19-14(12-18-13)9-10-17-15-7-5-6-8-16(15)20-21(2,3)4/h5-8,10-12H,9H2,1-4H3. The van der Waals surface area contributed by atoms with Gasteiger partial charge in [-0.25, -0.2) is 0 Å². The maximum atomic E-state index is 6.05. The van der Waals surface area contributed by atoms with E-state index >= 15 is 0 Å². The van der Waals surface area contributed by atoms with Gasteiger partial charge in [0.1, 0.15) is 11.4 Å². The quantitative estimate of drug-likeness (QED) is 0.620. The molecule has 0 spiro atoms. The van der Waals surface area contributed by atoms with E-state index in [-0.39, 0.29) is 0 Å². The van der Waals surface area contributed by atoms with Gasteiger partial charge in [0.2, 0.25) is 8.32 Å². The summed E-state index contributed by atoms with van der Waals surface area (Å²) < 4.78 is 6.05. The van der Waals surface area contributed by atoms with E-state index in [1.54, 1.807) is 12.4 Å². The lowest BCUT2D eigenvalue weighted by Crippen LogP contribution is -2.29. The molecule has 0 N–H and O–H groups in total. The van der Waals surface area contributed by atoms with Crippen LogP contribution in [-0.4, -0.2) is 24.5 Å². The molecule has 0 fully saturated rings. The third-order valence-electron chi connectivity index (χ3n) is 2.65. The van der Waals surface area contributed by atoms with Gasteiger partial charge in [-0.15, -0.1) is 0 Å². The molecule has 2 rings (SSSR count). The molecule has 1 heterocycles. The van der Waals surface area contributed by atoms with E-state index in [0.717, 1.165) is 22.8 Å². The van der Waals surface area contributed by atoms with Crippen LogP contribution in [0.4, 0.5) is 5.69 Å². The van der Waals surface area contributed by atoms with E-state index < -0.39 is 8.32 Å². The Hall–Kier alpha value is -2.01. The molecule has 0 unspecified atom stereocenters. The van der Waals surface area contributed by atoms with Crippen molar-refractivity contribution in [2.24, 2.45) is 4.99 Å². The van der Waals surface area contributed by atoms with E-state index in [2.05, 4.69) is 34.6 Å². The summed E-state index contributed by atoms with van der Waals surface area (Å²) >= 11 is 0. The van der Waals surface area contributed by atoms with Crippen molar-refractivity contribution in [3.63, 3.8) is 0 Å². The highest BCUT2D eigenvalue weighted by Gasteiger charge is 2.17. The number of benzene rings is 1. The molecule has 0 saturated carbocycles. The van der Waals surface area contributed by atoms with Crippen molar-refractivity contribution in [1.29, 1.82) is 0 Å². The van der Waals surface area contributed by atoms with Crippen molar-refractivity contribution < 1.29 is 4.43 Å². The lowest BCUT2D eigenvalue weighted by atomic mass is 10.3. The molecule has 0 amide bonds. The van der Waals surface area contributed by atoms with Crippen LogP contribution >= 0.6 is 0 Å². The number of para-hydroxylation sites is 2. The average molecular weight is 299 g/mol. The van der Waals surface area contributed by atoms with Gasteiger partial charge in [-0.2, -0.15) is 0 Å². The molecule has 1 aromatic heterocycles. The van der Waals surface area contributed by atoms with Gasteiger partial charge in [0, 0.05) is 25.0 Å². The number of hydrogen-bond donors (Lipinski definition) is 0. The summed E-state index contributed by atoms with van der Waals surface area (Å²) in [6, 6.07) is 7.87. The number of aryl methyl sites for hydroxylation is 1. The van der Waals surface area contributed by atoms with Crippen molar-refractivity contribution >= 4 is 20.2 Å². The summed E-state index contributed by atoms with van der Waals surface area (Å²) in [7, 11) is -1.64. The molecule has 0 aliphatic carbocycles. The van der Waals surface area contributed by atoms with Gasteiger partial charge in [0.15, 0.2) is 0 Å². The lowest BCUT2D eigenvalue weighted by molar-refractivity contribution is 0.559. The fourth-order valence-corrected chi connectivity index (χ4v) is 2.57. The second kappa shape index (κ2) is 6.63. The molecule has 2 aromatic rings. The number of hydrogen-bond acceptors (Lipinski definition) is 4. The van der Waals surface area contributed by atoms with E-state index in [1.807, 2.05) is 37.4 Å². The molecule has 5 heteroatoms. The molecule has 4 nitrogen and oxygen atoms in total. The third kappa shape index (κ3) is 5.11. The Morgan fingerprint density at radius 2 is 1.90 bits per heavy atom. The van der Waals surface area contributed by atoms with Crippen molar-refractivity contribution in [1.82, 2.24) is 9.97 Å². The Labute approximate surface area is 127 Å². The fraction of sp³-hybridized carbons (Fsp3) is 0.312. The van der Waals surface area contributed by atoms with Crippen LogP contribution in [0.25, 0.3) is 0 Å². The number of rotatable bonds is 5. The molecular formula is C16H21N3OSi. The lowest BCUT2D eigenvalue weighted by Gasteiger charge is -2.20. The predicted octanol–water partition coefficient (Wildman–Crippen LogP) is 3.94. The van der Waals surface area contributed by atoms with Crippen molar-refractivity contribution in [3.05, 3.63) is 48.0 Å². The van der Waals surface area contributed by atoms with E-state index in [4.69, 9.17) is 4.43 Å². The first-order valence-electron chi connectivity index (χ1n) is 7.02. The zero-order chi connectivity index (χ0) is 15.3. The Balaban J connectivity index is 2.08. The number of aliphatic imine (C=N–C) groups is 1. The van der Waals surface area contributed by atoms with Gasteiger partial charge < -0.3 is 4.43 Å². The number of nitrogens with zero attached hydrogens (tertiary/aromatic N) is 3. The van der Waals surface area contributed by atoms with Crippen LogP contribution in [0.15, 0.2) is 41.7 Å².